The van der Waals surface area contributed by atoms with Gasteiger partial charge < -0.3 is 9.64 Å². The number of aromatic nitrogens is 1. The fourth-order valence-corrected chi connectivity index (χ4v) is 2.89. The summed E-state index contributed by atoms with van der Waals surface area (Å²) in [4.78, 5) is 41.9. The second-order valence-corrected chi connectivity index (χ2v) is 5.96. The fourth-order valence-electron chi connectivity index (χ4n) is 2.72. The van der Waals surface area contributed by atoms with Crippen LogP contribution in [0.4, 0.5) is 0 Å². The average molecular weight is 338 g/mol. The Labute approximate surface area is 138 Å². The van der Waals surface area contributed by atoms with Gasteiger partial charge in [0.15, 0.2) is 0 Å². The molecule has 0 aromatic carbocycles. The van der Waals surface area contributed by atoms with Crippen LogP contribution in [0.2, 0.25) is 5.02 Å². The van der Waals surface area contributed by atoms with Gasteiger partial charge in [-0.3, -0.25) is 24.3 Å². The van der Waals surface area contributed by atoms with Crippen LogP contribution in [0.25, 0.3) is 0 Å². The number of pyridine rings is 1. The Hall–Kier alpha value is -2.15. The lowest BCUT2D eigenvalue weighted by atomic mass is 10.3. The van der Waals surface area contributed by atoms with Crippen molar-refractivity contribution < 1.29 is 19.1 Å². The van der Waals surface area contributed by atoms with E-state index >= 15 is 0 Å². The summed E-state index contributed by atoms with van der Waals surface area (Å²) in [5.41, 5.74) is 0. The highest BCUT2D eigenvalue weighted by Gasteiger charge is 2.34. The molecule has 0 N–H and O–H groups in total. The second-order valence-electron chi connectivity index (χ2n) is 5.55. The fraction of sp³-hybridized carbons (Fsp3) is 0.467. The summed E-state index contributed by atoms with van der Waals surface area (Å²) in [5.74, 6) is -0.260. The van der Waals surface area contributed by atoms with Gasteiger partial charge in [-0.15, -0.1) is 0 Å². The maximum Gasteiger partial charge on any atom is 0.242 e. The monoisotopic (exact) mass is 337 g/mol. The Bertz CT molecular complexity index is 635. The molecule has 0 radical (unpaired) electrons. The van der Waals surface area contributed by atoms with Gasteiger partial charge in [-0.25, -0.2) is 0 Å². The first-order chi connectivity index (χ1) is 11.0. The highest BCUT2D eigenvalue weighted by Crippen LogP contribution is 2.25. The molecule has 3 amide bonds. The number of rotatable bonds is 4. The highest BCUT2D eigenvalue weighted by atomic mass is 35.5. The van der Waals surface area contributed by atoms with Crippen LogP contribution >= 0.6 is 11.6 Å². The third kappa shape index (κ3) is 3.44. The number of carbonyl (C=O) groups is 3. The summed E-state index contributed by atoms with van der Waals surface area (Å²) in [6, 6.07) is 1.67. The minimum atomic E-state index is -0.279. The Balaban J connectivity index is 1.55. The van der Waals surface area contributed by atoms with Crippen LogP contribution in [0, 0.1) is 0 Å². The molecule has 0 unspecified atom stereocenters. The lowest BCUT2D eigenvalue weighted by Crippen LogP contribution is -2.42. The molecule has 2 fully saturated rings. The van der Waals surface area contributed by atoms with Gasteiger partial charge in [0.1, 0.15) is 23.4 Å². The zero-order valence-corrected chi connectivity index (χ0v) is 13.2. The Morgan fingerprint density at radius 2 is 2.09 bits per heavy atom. The van der Waals surface area contributed by atoms with Crippen molar-refractivity contribution in [3.8, 4) is 5.75 Å². The van der Waals surface area contributed by atoms with Crippen LogP contribution in [-0.4, -0.2) is 58.2 Å². The quantitative estimate of drug-likeness (QED) is 0.761. The molecule has 8 heteroatoms. The molecule has 1 aromatic rings. The van der Waals surface area contributed by atoms with Crippen molar-refractivity contribution in [1.82, 2.24) is 14.8 Å². The van der Waals surface area contributed by atoms with Crippen LogP contribution in [0.15, 0.2) is 18.5 Å². The maximum atomic E-state index is 12.2. The van der Waals surface area contributed by atoms with E-state index in [1.54, 1.807) is 17.2 Å². The van der Waals surface area contributed by atoms with E-state index in [-0.39, 0.29) is 43.2 Å². The Morgan fingerprint density at radius 1 is 1.35 bits per heavy atom. The Kier molecular flexibility index (Phi) is 4.47. The van der Waals surface area contributed by atoms with Gasteiger partial charge in [-0.2, -0.15) is 0 Å². The summed E-state index contributed by atoms with van der Waals surface area (Å²) < 4.78 is 5.79. The predicted octanol–water partition coefficient (Wildman–Crippen LogP) is 0.864. The average Bonchev–Trinajstić information content (AvgIpc) is 3.11. The minimum Gasteiger partial charge on any atom is -0.487 e. The molecule has 0 saturated carbocycles. The highest BCUT2D eigenvalue weighted by molar-refractivity contribution is 6.31. The summed E-state index contributed by atoms with van der Waals surface area (Å²) >= 11 is 6.00. The van der Waals surface area contributed by atoms with Crippen molar-refractivity contribution in [2.24, 2.45) is 0 Å². The van der Waals surface area contributed by atoms with E-state index in [4.69, 9.17) is 16.3 Å². The molecule has 0 aliphatic carbocycles. The first kappa shape index (κ1) is 15.7. The van der Waals surface area contributed by atoms with E-state index in [0.717, 1.165) is 4.90 Å². The third-order valence-electron chi connectivity index (χ3n) is 3.97. The molecule has 0 bridgehead atoms. The second kappa shape index (κ2) is 6.54. The van der Waals surface area contributed by atoms with E-state index in [9.17, 15) is 14.4 Å². The zero-order chi connectivity index (χ0) is 16.4. The lowest BCUT2D eigenvalue weighted by Gasteiger charge is -2.20. The summed E-state index contributed by atoms with van der Waals surface area (Å²) in [6.45, 7) is 0.760. The zero-order valence-electron chi connectivity index (χ0n) is 12.4. The van der Waals surface area contributed by atoms with Gasteiger partial charge in [0.05, 0.1) is 6.54 Å². The molecule has 7 nitrogen and oxygen atoms in total. The number of amides is 3. The van der Waals surface area contributed by atoms with Crippen molar-refractivity contribution in [3.05, 3.63) is 23.5 Å². The summed E-state index contributed by atoms with van der Waals surface area (Å²) in [5, 5.41) is 0.422. The largest absolute Gasteiger partial charge is 0.487 e. The van der Waals surface area contributed by atoms with Crippen LogP contribution in [-0.2, 0) is 14.4 Å². The van der Waals surface area contributed by atoms with E-state index < -0.39 is 0 Å². The normalized spacial score (nSPS) is 21.2. The predicted molar refractivity (Wildman–Crippen MR) is 80.8 cm³/mol. The van der Waals surface area contributed by atoms with Crippen LogP contribution in [0.5, 0.6) is 5.75 Å². The lowest BCUT2D eigenvalue weighted by molar-refractivity contribution is -0.145. The van der Waals surface area contributed by atoms with Gasteiger partial charge in [-0.05, 0) is 0 Å². The summed E-state index contributed by atoms with van der Waals surface area (Å²) in [6.07, 6.45) is 3.98. The SMILES string of the molecule is O=C(CN1C(=O)CCC1=O)N1CC[C@@H](Oc2ccncc2Cl)C1. The van der Waals surface area contributed by atoms with Gasteiger partial charge in [0.2, 0.25) is 17.7 Å². The number of carbonyl (C=O) groups excluding carboxylic acids is 3. The molecule has 122 valence electrons. The van der Waals surface area contributed by atoms with Crippen molar-refractivity contribution in [2.45, 2.75) is 25.4 Å². The molecule has 1 aromatic heterocycles. The molecule has 2 aliphatic rings. The number of nitrogens with zero attached hydrogens (tertiary/aromatic N) is 3. The first-order valence-electron chi connectivity index (χ1n) is 7.41. The van der Waals surface area contributed by atoms with Gasteiger partial charge in [0.25, 0.3) is 0 Å². The number of hydrogen-bond acceptors (Lipinski definition) is 5. The van der Waals surface area contributed by atoms with E-state index in [0.29, 0.717) is 30.3 Å². The standard InChI is InChI=1S/C15H16ClN3O4/c16-11-7-17-5-3-12(11)23-10-4-6-18(8-10)15(22)9-19-13(20)1-2-14(19)21/h3,5,7,10H,1-2,4,6,8-9H2/t10-/m1/s1. The summed E-state index contributed by atoms with van der Waals surface area (Å²) in [7, 11) is 0. The van der Waals surface area contributed by atoms with E-state index in [2.05, 4.69) is 4.98 Å². The molecule has 3 heterocycles. The first-order valence-corrected chi connectivity index (χ1v) is 7.79. The van der Waals surface area contributed by atoms with Crippen molar-refractivity contribution in [1.29, 1.82) is 0 Å². The van der Waals surface area contributed by atoms with Crippen molar-refractivity contribution >= 4 is 29.3 Å². The molecular weight excluding hydrogens is 322 g/mol. The topological polar surface area (TPSA) is 79.8 Å². The molecule has 0 spiro atoms. The maximum absolute atomic E-state index is 12.2. The minimum absolute atomic E-state index is 0.163. The van der Waals surface area contributed by atoms with Crippen LogP contribution < -0.4 is 4.74 Å². The molecular formula is C15H16ClN3O4. The van der Waals surface area contributed by atoms with Crippen molar-refractivity contribution in [3.63, 3.8) is 0 Å². The molecule has 2 saturated heterocycles. The smallest absolute Gasteiger partial charge is 0.242 e. The number of imide groups is 1. The van der Waals surface area contributed by atoms with Crippen LogP contribution in [0.3, 0.4) is 0 Å². The molecule has 2 aliphatic heterocycles. The third-order valence-corrected chi connectivity index (χ3v) is 4.26. The number of hydrogen-bond donors (Lipinski definition) is 0. The molecule has 1 atom stereocenters. The number of halogens is 1. The van der Waals surface area contributed by atoms with Crippen LogP contribution in [0.1, 0.15) is 19.3 Å². The van der Waals surface area contributed by atoms with E-state index in [1.807, 2.05) is 0 Å². The van der Waals surface area contributed by atoms with E-state index in [1.165, 1.54) is 6.20 Å². The Morgan fingerprint density at radius 3 is 2.78 bits per heavy atom. The van der Waals surface area contributed by atoms with Gasteiger partial charge in [-0.1, -0.05) is 11.6 Å². The van der Waals surface area contributed by atoms with Gasteiger partial charge in [0, 0.05) is 44.3 Å². The molecule has 3 rings (SSSR count). The van der Waals surface area contributed by atoms with Crippen molar-refractivity contribution in [2.75, 3.05) is 19.6 Å². The number of ether oxygens (including phenoxy) is 1. The molecule has 23 heavy (non-hydrogen) atoms. The number of likely N-dealkylation sites (tertiary alicyclic amines) is 2. The van der Waals surface area contributed by atoms with Gasteiger partial charge >= 0.3 is 0 Å².